The monoisotopic (exact) mass is 239 g/mol. The van der Waals surface area contributed by atoms with Crippen molar-refractivity contribution < 1.29 is 14.3 Å². The molecule has 1 aromatic carbocycles. The van der Waals surface area contributed by atoms with Crippen LogP contribution in [0.1, 0.15) is 5.76 Å². The van der Waals surface area contributed by atoms with E-state index in [1.54, 1.807) is 24.3 Å². The van der Waals surface area contributed by atoms with E-state index in [9.17, 15) is 4.79 Å². The number of aliphatic hydroxyl groups is 1. The number of fused-ring (bicyclic) bond motifs is 1. The first kappa shape index (κ1) is 11.0. The van der Waals surface area contributed by atoms with Gasteiger partial charge in [0.15, 0.2) is 0 Å². The highest BCUT2D eigenvalue weighted by Crippen LogP contribution is 2.23. The van der Waals surface area contributed by atoms with E-state index in [2.05, 4.69) is 5.32 Å². The summed E-state index contributed by atoms with van der Waals surface area (Å²) in [4.78, 5) is 11.1. The highest BCUT2D eigenvalue weighted by molar-refractivity contribution is 6.29. The summed E-state index contributed by atoms with van der Waals surface area (Å²) in [6.45, 7) is -0.141. The van der Waals surface area contributed by atoms with Crippen molar-refractivity contribution in [2.75, 3.05) is 11.2 Å². The van der Waals surface area contributed by atoms with Crippen LogP contribution in [0.5, 0.6) is 0 Å². The van der Waals surface area contributed by atoms with Gasteiger partial charge in [-0.2, -0.15) is 0 Å². The molecule has 1 heterocycles. The second-order valence-electron chi connectivity index (χ2n) is 3.31. The van der Waals surface area contributed by atoms with Crippen molar-refractivity contribution in [3.05, 3.63) is 30.0 Å². The molecule has 4 nitrogen and oxygen atoms in total. The van der Waals surface area contributed by atoms with Gasteiger partial charge < -0.3 is 14.8 Å². The van der Waals surface area contributed by atoms with Crippen LogP contribution in [0.15, 0.2) is 28.7 Å². The number of amides is 1. The molecule has 0 radical (unpaired) electrons. The molecule has 0 spiro atoms. The van der Waals surface area contributed by atoms with E-state index in [-0.39, 0.29) is 18.4 Å². The van der Waals surface area contributed by atoms with E-state index >= 15 is 0 Å². The lowest BCUT2D eigenvalue weighted by Crippen LogP contribution is -2.12. The van der Waals surface area contributed by atoms with Crippen LogP contribution in [0.3, 0.4) is 0 Å². The van der Waals surface area contributed by atoms with Crippen LogP contribution in [-0.2, 0) is 11.4 Å². The molecule has 0 aliphatic carbocycles. The first-order valence-corrected chi connectivity index (χ1v) is 5.25. The molecule has 1 amide bonds. The molecule has 2 N–H and O–H groups in total. The number of carbonyl (C=O) groups excluding carboxylic acids is 1. The van der Waals surface area contributed by atoms with Crippen molar-refractivity contribution in [1.29, 1.82) is 0 Å². The van der Waals surface area contributed by atoms with E-state index in [4.69, 9.17) is 21.1 Å². The van der Waals surface area contributed by atoms with E-state index in [0.29, 0.717) is 17.0 Å². The van der Waals surface area contributed by atoms with Gasteiger partial charge in [-0.1, -0.05) is 0 Å². The molecule has 0 atom stereocenters. The zero-order valence-corrected chi connectivity index (χ0v) is 9.12. The van der Waals surface area contributed by atoms with Crippen molar-refractivity contribution in [3.8, 4) is 0 Å². The van der Waals surface area contributed by atoms with Gasteiger partial charge in [-0.3, -0.25) is 4.79 Å². The number of hydrogen-bond acceptors (Lipinski definition) is 3. The smallest absolute Gasteiger partial charge is 0.239 e. The Labute approximate surface area is 96.8 Å². The number of furan rings is 1. The average molecular weight is 240 g/mol. The van der Waals surface area contributed by atoms with Gasteiger partial charge in [0, 0.05) is 11.1 Å². The Morgan fingerprint density at radius 1 is 1.44 bits per heavy atom. The standard InChI is InChI=1S/C11H10ClNO3/c12-5-11(15)13-8-1-2-10-7(3-8)4-9(6-14)16-10/h1-4,14H,5-6H2,(H,13,15). The zero-order valence-electron chi connectivity index (χ0n) is 8.37. The van der Waals surface area contributed by atoms with Crippen LogP contribution in [0.2, 0.25) is 0 Å². The fourth-order valence-corrected chi connectivity index (χ4v) is 1.52. The van der Waals surface area contributed by atoms with E-state index in [1.807, 2.05) is 0 Å². The fourth-order valence-electron chi connectivity index (χ4n) is 1.45. The van der Waals surface area contributed by atoms with E-state index in [0.717, 1.165) is 5.39 Å². The van der Waals surface area contributed by atoms with Gasteiger partial charge in [0.2, 0.25) is 5.91 Å². The van der Waals surface area contributed by atoms with Crippen LogP contribution in [0, 0.1) is 0 Å². The maximum absolute atomic E-state index is 11.1. The molecule has 1 aromatic heterocycles. The Balaban J connectivity index is 2.32. The van der Waals surface area contributed by atoms with Crippen LogP contribution in [0.4, 0.5) is 5.69 Å². The highest BCUT2D eigenvalue weighted by Gasteiger charge is 2.05. The van der Waals surface area contributed by atoms with Crippen molar-refractivity contribution in [2.24, 2.45) is 0 Å². The first-order chi connectivity index (χ1) is 7.72. The lowest BCUT2D eigenvalue weighted by molar-refractivity contribution is -0.113. The highest BCUT2D eigenvalue weighted by atomic mass is 35.5. The van der Waals surface area contributed by atoms with Gasteiger partial charge >= 0.3 is 0 Å². The predicted molar refractivity (Wildman–Crippen MR) is 61.5 cm³/mol. The summed E-state index contributed by atoms with van der Waals surface area (Å²) in [6.07, 6.45) is 0. The summed E-state index contributed by atoms with van der Waals surface area (Å²) < 4.78 is 5.31. The summed E-state index contributed by atoms with van der Waals surface area (Å²) in [5.41, 5.74) is 1.33. The SMILES string of the molecule is O=C(CCl)Nc1ccc2oc(CO)cc2c1. The summed E-state index contributed by atoms with van der Waals surface area (Å²) in [5.74, 6) is 0.161. The molecular formula is C11H10ClNO3. The molecule has 2 aromatic rings. The molecule has 5 heteroatoms. The molecule has 84 valence electrons. The van der Waals surface area contributed by atoms with Crippen LogP contribution < -0.4 is 5.32 Å². The van der Waals surface area contributed by atoms with Crippen molar-refractivity contribution in [3.63, 3.8) is 0 Å². The number of nitrogens with one attached hydrogen (secondary N) is 1. The molecular weight excluding hydrogens is 230 g/mol. The van der Waals surface area contributed by atoms with Crippen LogP contribution >= 0.6 is 11.6 Å². The Morgan fingerprint density at radius 3 is 2.94 bits per heavy atom. The molecule has 0 saturated heterocycles. The molecule has 0 aliphatic heterocycles. The van der Waals surface area contributed by atoms with Crippen molar-refractivity contribution in [2.45, 2.75) is 6.61 Å². The second-order valence-corrected chi connectivity index (χ2v) is 3.57. The summed E-state index contributed by atoms with van der Waals surface area (Å²) in [7, 11) is 0. The topological polar surface area (TPSA) is 62.5 Å². The third-order valence-electron chi connectivity index (χ3n) is 2.13. The van der Waals surface area contributed by atoms with E-state index in [1.165, 1.54) is 0 Å². The third-order valence-corrected chi connectivity index (χ3v) is 2.37. The number of hydrogen-bond donors (Lipinski definition) is 2. The minimum absolute atomic E-state index is 0.0781. The summed E-state index contributed by atoms with van der Waals surface area (Å²) in [6, 6.07) is 6.95. The molecule has 0 bridgehead atoms. The Kier molecular flexibility index (Phi) is 3.12. The number of benzene rings is 1. The Bertz CT molecular complexity index is 521. The number of anilines is 1. The molecule has 0 aliphatic rings. The largest absolute Gasteiger partial charge is 0.459 e. The number of rotatable bonds is 3. The molecule has 0 unspecified atom stereocenters. The number of halogens is 1. The average Bonchev–Trinajstić information content (AvgIpc) is 2.71. The molecule has 0 saturated carbocycles. The van der Waals surface area contributed by atoms with Gasteiger partial charge in [-0.05, 0) is 24.3 Å². The quantitative estimate of drug-likeness (QED) is 0.807. The molecule has 16 heavy (non-hydrogen) atoms. The normalized spacial score (nSPS) is 10.6. The van der Waals surface area contributed by atoms with Gasteiger partial charge in [-0.15, -0.1) is 11.6 Å². The maximum atomic E-state index is 11.1. The van der Waals surface area contributed by atoms with Gasteiger partial charge in [0.1, 0.15) is 23.8 Å². The molecule has 2 rings (SSSR count). The van der Waals surface area contributed by atoms with Gasteiger partial charge in [-0.25, -0.2) is 0 Å². The third kappa shape index (κ3) is 2.18. The summed E-state index contributed by atoms with van der Waals surface area (Å²) in [5, 5.41) is 12.4. The summed E-state index contributed by atoms with van der Waals surface area (Å²) >= 11 is 5.38. The number of alkyl halides is 1. The fraction of sp³-hybridized carbons (Fsp3) is 0.182. The predicted octanol–water partition coefficient (Wildman–Crippen LogP) is 2.10. The number of aliphatic hydroxyl groups excluding tert-OH is 1. The minimum atomic E-state index is -0.258. The van der Waals surface area contributed by atoms with Gasteiger partial charge in [0.25, 0.3) is 0 Å². The van der Waals surface area contributed by atoms with Crippen LogP contribution in [-0.4, -0.2) is 16.9 Å². The zero-order chi connectivity index (χ0) is 11.5. The molecule has 0 fully saturated rings. The van der Waals surface area contributed by atoms with Gasteiger partial charge in [0.05, 0.1) is 0 Å². The van der Waals surface area contributed by atoms with Crippen molar-refractivity contribution >= 4 is 34.2 Å². The lowest BCUT2D eigenvalue weighted by Gasteiger charge is -2.01. The number of carbonyl (C=O) groups is 1. The maximum Gasteiger partial charge on any atom is 0.239 e. The Morgan fingerprint density at radius 2 is 2.25 bits per heavy atom. The minimum Gasteiger partial charge on any atom is -0.459 e. The Hall–Kier alpha value is -1.52. The second kappa shape index (κ2) is 4.55. The van der Waals surface area contributed by atoms with E-state index < -0.39 is 0 Å². The van der Waals surface area contributed by atoms with Crippen LogP contribution in [0.25, 0.3) is 11.0 Å². The first-order valence-electron chi connectivity index (χ1n) is 4.72. The van der Waals surface area contributed by atoms with Crippen molar-refractivity contribution in [1.82, 2.24) is 0 Å². The lowest BCUT2D eigenvalue weighted by atomic mass is 10.2.